The van der Waals surface area contributed by atoms with Crippen LogP contribution in [0.3, 0.4) is 0 Å². The van der Waals surface area contributed by atoms with Crippen LogP contribution in [0.25, 0.3) is 21.3 Å². The van der Waals surface area contributed by atoms with Crippen LogP contribution in [0.4, 0.5) is 5.82 Å². The van der Waals surface area contributed by atoms with Crippen molar-refractivity contribution < 1.29 is 4.79 Å². The summed E-state index contributed by atoms with van der Waals surface area (Å²) in [6.07, 6.45) is 7.09. The lowest BCUT2D eigenvalue weighted by Crippen LogP contribution is -2.45. The van der Waals surface area contributed by atoms with Gasteiger partial charge in [0.05, 0.1) is 5.39 Å². The zero-order chi connectivity index (χ0) is 19.3. The Balaban J connectivity index is 1.68. The number of hydrogen-bond donors (Lipinski definition) is 1. The van der Waals surface area contributed by atoms with Gasteiger partial charge in [0.2, 0.25) is 5.91 Å². The maximum absolute atomic E-state index is 12.3. The molecule has 2 aromatic heterocycles. The number of halogens is 1. The Morgan fingerprint density at radius 2 is 1.96 bits per heavy atom. The summed E-state index contributed by atoms with van der Waals surface area (Å²) in [7, 11) is 0. The third kappa shape index (κ3) is 2.86. The first kappa shape index (κ1) is 17.9. The first-order valence-electron chi connectivity index (χ1n) is 9.69. The molecule has 5 rings (SSSR count). The molecule has 2 N–H and O–H groups in total. The minimum atomic E-state index is -0.302. The zero-order valence-electron chi connectivity index (χ0n) is 15.3. The maximum atomic E-state index is 12.3. The van der Waals surface area contributed by atoms with Crippen molar-refractivity contribution in [2.24, 2.45) is 11.7 Å². The molecule has 3 heterocycles. The van der Waals surface area contributed by atoms with Gasteiger partial charge in [-0.25, -0.2) is 9.97 Å². The number of benzene rings is 1. The number of hydrogen-bond acceptors (Lipinski definition) is 5. The predicted octanol–water partition coefficient (Wildman–Crippen LogP) is 4.63. The molecule has 1 aliphatic carbocycles. The van der Waals surface area contributed by atoms with Crippen LogP contribution in [0, 0.1) is 5.92 Å². The molecule has 5 nitrogen and oxygen atoms in total. The van der Waals surface area contributed by atoms with Crippen molar-refractivity contribution in [1.82, 2.24) is 9.97 Å². The first-order valence-corrected chi connectivity index (χ1v) is 10.9. The number of aromatic nitrogens is 2. The Labute approximate surface area is 172 Å². The van der Waals surface area contributed by atoms with Gasteiger partial charge in [-0.05, 0) is 42.9 Å². The van der Waals surface area contributed by atoms with Gasteiger partial charge >= 0.3 is 0 Å². The van der Waals surface area contributed by atoms with E-state index in [1.165, 1.54) is 12.8 Å². The van der Waals surface area contributed by atoms with Crippen LogP contribution in [0.1, 0.15) is 32.1 Å². The average molecular weight is 413 g/mol. The number of rotatable bonds is 3. The molecule has 1 aliphatic heterocycles. The summed E-state index contributed by atoms with van der Waals surface area (Å²) in [5.41, 5.74) is 7.98. The van der Waals surface area contributed by atoms with Gasteiger partial charge < -0.3 is 10.6 Å². The molecule has 144 valence electrons. The number of primary amides is 1. The molecule has 0 spiro atoms. The van der Waals surface area contributed by atoms with Crippen molar-refractivity contribution in [1.29, 1.82) is 0 Å². The Morgan fingerprint density at radius 1 is 1.18 bits per heavy atom. The summed E-state index contributed by atoms with van der Waals surface area (Å²) in [5, 5.41) is 3.82. The van der Waals surface area contributed by atoms with Crippen molar-refractivity contribution in [2.45, 2.75) is 44.2 Å². The molecule has 3 atom stereocenters. The van der Waals surface area contributed by atoms with Crippen molar-refractivity contribution in [3.8, 4) is 11.1 Å². The second-order valence-electron chi connectivity index (χ2n) is 7.71. The molecule has 28 heavy (non-hydrogen) atoms. The van der Waals surface area contributed by atoms with E-state index >= 15 is 0 Å². The molecule has 1 saturated heterocycles. The smallest absolute Gasteiger partial charge is 0.240 e. The van der Waals surface area contributed by atoms with Gasteiger partial charge in [0.1, 0.15) is 23.0 Å². The lowest BCUT2D eigenvalue weighted by Gasteiger charge is -2.34. The van der Waals surface area contributed by atoms with Crippen LogP contribution in [0.15, 0.2) is 36.0 Å². The minimum Gasteiger partial charge on any atom is -0.368 e. The number of nitrogens with zero attached hydrogens (tertiary/aromatic N) is 3. The lowest BCUT2D eigenvalue weighted by atomic mass is 9.84. The molecule has 1 aromatic carbocycles. The fourth-order valence-electron chi connectivity index (χ4n) is 4.92. The molecule has 3 unspecified atom stereocenters. The van der Waals surface area contributed by atoms with Gasteiger partial charge in [-0.15, -0.1) is 11.3 Å². The first-order chi connectivity index (χ1) is 13.6. The van der Waals surface area contributed by atoms with Crippen molar-refractivity contribution >= 4 is 44.9 Å². The summed E-state index contributed by atoms with van der Waals surface area (Å²) in [4.78, 5) is 24.6. The second kappa shape index (κ2) is 7.01. The number of anilines is 1. The number of carbonyl (C=O) groups is 1. The fourth-order valence-corrected chi connectivity index (χ4v) is 5.95. The summed E-state index contributed by atoms with van der Waals surface area (Å²) < 4.78 is 0. The maximum Gasteiger partial charge on any atom is 0.240 e. The lowest BCUT2D eigenvalue weighted by molar-refractivity contribution is -0.119. The Kier molecular flexibility index (Phi) is 4.48. The Bertz CT molecular complexity index is 1030. The molecule has 7 heteroatoms. The quantitative estimate of drug-likeness (QED) is 0.680. The fraction of sp³-hybridized carbons (Fsp3) is 0.381. The van der Waals surface area contributed by atoms with Gasteiger partial charge in [-0.3, -0.25) is 4.79 Å². The number of thiophene rings is 1. The number of fused-ring (bicyclic) bond motifs is 2. The Hall–Kier alpha value is -2.18. The van der Waals surface area contributed by atoms with Crippen LogP contribution in [0.5, 0.6) is 0 Å². The Morgan fingerprint density at radius 3 is 2.75 bits per heavy atom. The van der Waals surface area contributed by atoms with Crippen LogP contribution in [-0.4, -0.2) is 28.0 Å². The van der Waals surface area contributed by atoms with E-state index < -0.39 is 0 Å². The molecular weight excluding hydrogens is 392 g/mol. The van der Waals surface area contributed by atoms with Gasteiger partial charge in [-0.1, -0.05) is 36.6 Å². The SMILES string of the molecule is NC(=O)C1CC2CCCCC2N1c1ncnc2scc(-c3ccc(Cl)cc3)c12. The van der Waals surface area contributed by atoms with E-state index in [4.69, 9.17) is 17.3 Å². The summed E-state index contributed by atoms with van der Waals surface area (Å²) in [5.74, 6) is 1.09. The molecule has 3 aromatic rings. The van der Waals surface area contributed by atoms with E-state index in [1.54, 1.807) is 17.7 Å². The van der Waals surface area contributed by atoms with Crippen molar-refractivity contribution in [3.05, 3.63) is 41.0 Å². The highest BCUT2D eigenvalue weighted by Gasteiger charge is 2.45. The molecule has 0 bridgehead atoms. The monoisotopic (exact) mass is 412 g/mol. The largest absolute Gasteiger partial charge is 0.368 e. The van der Waals surface area contributed by atoms with E-state index in [1.807, 2.05) is 24.3 Å². The third-order valence-electron chi connectivity index (χ3n) is 6.17. The van der Waals surface area contributed by atoms with E-state index in [-0.39, 0.29) is 11.9 Å². The molecule has 1 saturated carbocycles. The number of amides is 1. The summed E-state index contributed by atoms with van der Waals surface area (Å²) >= 11 is 7.67. The van der Waals surface area contributed by atoms with E-state index in [9.17, 15) is 4.79 Å². The average Bonchev–Trinajstić information content (AvgIpc) is 3.30. The predicted molar refractivity (Wildman–Crippen MR) is 114 cm³/mol. The van der Waals surface area contributed by atoms with Crippen LogP contribution >= 0.6 is 22.9 Å². The third-order valence-corrected chi connectivity index (χ3v) is 7.30. The minimum absolute atomic E-state index is 0.260. The van der Waals surface area contributed by atoms with Crippen LogP contribution in [-0.2, 0) is 4.79 Å². The van der Waals surface area contributed by atoms with Crippen LogP contribution < -0.4 is 10.6 Å². The highest BCUT2D eigenvalue weighted by atomic mass is 35.5. The number of carbonyl (C=O) groups excluding carboxylic acids is 1. The van der Waals surface area contributed by atoms with Crippen molar-refractivity contribution in [2.75, 3.05) is 4.90 Å². The van der Waals surface area contributed by atoms with E-state index in [0.29, 0.717) is 17.0 Å². The molecule has 0 radical (unpaired) electrons. The highest BCUT2D eigenvalue weighted by molar-refractivity contribution is 7.17. The normalized spacial score (nSPS) is 24.5. The highest BCUT2D eigenvalue weighted by Crippen LogP contribution is 2.46. The second-order valence-corrected chi connectivity index (χ2v) is 9.00. The summed E-state index contributed by atoms with van der Waals surface area (Å²) in [6, 6.07) is 7.83. The zero-order valence-corrected chi connectivity index (χ0v) is 16.9. The molecule has 2 fully saturated rings. The van der Waals surface area contributed by atoms with Gasteiger partial charge in [0.15, 0.2) is 0 Å². The standard InChI is InChI=1S/C21H21ClN4OS/c22-14-7-5-12(6-8-14)15-10-28-21-18(15)20(24-11-25-21)26-16-4-2-1-3-13(16)9-17(26)19(23)27/h5-8,10-11,13,16-17H,1-4,9H2,(H2,23,27). The van der Waals surface area contributed by atoms with Gasteiger partial charge in [0.25, 0.3) is 0 Å². The number of nitrogens with two attached hydrogens (primary N) is 1. The van der Waals surface area contributed by atoms with Crippen molar-refractivity contribution in [3.63, 3.8) is 0 Å². The van der Waals surface area contributed by atoms with Gasteiger partial charge in [-0.2, -0.15) is 0 Å². The molecular formula is C21H21ClN4OS. The topological polar surface area (TPSA) is 72.1 Å². The molecule has 1 amide bonds. The van der Waals surface area contributed by atoms with E-state index in [2.05, 4.69) is 20.2 Å². The van der Waals surface area contributed by atoms with Crippen LogP contribution in [0.2, 0.25) is 5.02 Å². The van der Waals surface area contributed by atoms with Gasteiger partial charge in [0, 0.05) is 22.0 Å². The summed E-state index contributed by atoms with van der Waals surface area (Å²) in [6.45, 7) is 0. The van der Waals surface area contributed by atoms with E-state index in [0.717, 1.165) is 46.4 Å². The molecule has 2 aliphatic rings.